The van der Waals surface area contributed by atoms with Gasteiger partial charge in [-0.05, 0) is 36.4 Å². The van der Waals surface area contributed by atoms with Gasteiger partial charge in [0.15, 0.2) is 5.60 Å². The summed E-state index contributed by atoms with van der Waals surface area (Å²) in [6.07, 6.45) is 1.86. The number of nitrogens with two attached hydrogens (primary N) is 2. The number of aromatic nitrogens is 1. The number of halogens is 4. The number of benzene rings is 2. The Morgan fingerprint density at radius 2 is 1.73 bits per heavy atom. The molecule has 1 unspecified atom stereocenters. The Hall–Kier alpha value is -3.94. The molecule has 1 atom stereocenters. The Kier molecular flexibility index (Phi) is 6.96. The summed E-state index contributed by atoms with van der Waals surface area (Å²) in [5.41, 5.74) is -3.96. The minimum absolute atomic E-state index is 0.339. The number of hydrogen-bond acceptors (Lipinski definition) is 5. The molecule has 33 heavy (non-hydrogen) atoms. The van der Waals surface area contributed by atoms with E-state index in [0.29, 0.717) is 22.7 Å². The summed E-state index contributed by atoms with van der Waals surface area (Å²) in [5.74, 6) is 9.63. The predicted molar refractivity (Wildman–Crippen MR) is 114 cm³/mol. The standard InChI is InChI=1S/C23H19F4N5O/c24-18-9-10-19(20(25)12-18)22(33,14-32(29)15-31-28)23(26,27)21-11-8-17(13-30-21)7-6-16-4-2-1-3-5-16/h1-5,8-13,15,33H,14,28-29H2/b31-15-. The van der Waals surface area contributed by atoms with Crippen molar-refractivity contribution < 1.29 is 22.7 Å². The van der Waals surface area contributed by atoms with Crippen molar-refractivity contribution in [1.82, 2.24) is 9.99 Å². The molecule has 5 N–H and O–H groups in total. The maximum atomic E-state index is 15.6. The lowest BCUT2D eigenvalue weighted by Gasteiger charge is -2.37. The number of rotatable bonds is 6. The zero-order valence-corrected chi connectivity index (χ0v) is 17.1. The largest absolute Gasteiger partial charge is 0.377 e. The van der Waals surface area contributed by atoms with E-state index in [0.717, 1.165) is 30.2 Å². The van der Waals surface area contributed by atoms with Gasteiger partial charge in [-0.25, -0.2) is 14.6 Å². The van der Waals surface area contributed by atoms with E-state index in [1.165, 1.54) is 6.07 Å². The topological polar surface area (TPSA) is 101 Å². The lowest BCUT2D eigenvalue weighted by atomic mass is 9.84. The molecule has 3 aromatic rings. The summed E-state index contributed by atoms with van der Waals surface area (Å²) < 4.78 is 59.0. The first kappa shape index (κ1) is 23.7. The molecule has 10 heteroatoms. The molecule has 0 radical (unpaired) electrons. The third kappa shape index (κ3) is 5.11. The molecule has 0 amide bonds. The molecule has 6 nitrogen and oxygen atoms in total. The predicted octanol–water partition coefficient (Wildman–Crippen LogP) is 2.82. The van der Waals surface area contributed by atoms with Crippen LogP contribution in [0.2, 0.25) is 0 Å². The van der Waals surface area contributed by atoms with E-state index in [2.05, 4.69) is 21.9 Å². The third-order valence-electron chi connectivity index (χ3n) is 4.73. The quantitative estimate of drug-likeness (QED) is 0.132. The van der Waals surface area contributed by atoms with Crippen molar-refractivity contribution in [1.29, 1.82) is 0 Å². The van der Waals surface area contributed by atoms with Gasteiger partial charge in [0.1, 0.15) is 23.7 Å². The lowest BCUT2D eigenvalue weighted by Crippen LogP contribution is -2.53. The van der Waals surface area contributed by atoms with Crippen molar-refractivity contribution in [3.05, 3.63) is 101 Å². The fourth-order valence-electron chi connectivity index (χ4n) is 3.10. The minimum Gasteiger partial charge on any atom is -0.377 e. The highest BCUT2D eigenvalue weighted by Crippen LogP contribution is 2.45. The summed E-state index contributed by atoms with van der Waals surface area (Å²) in [6, 6.07) is 13.1. The highest BCUT2D eigenvalue weighted by Gasteiger charge is 2.58. The second-order valence-electron chi connectivity index (χ2n) is 7.04. The summed E-state index contributed by atoms with van der Waals surface area (Å²) in [4.78, 5) is 3.73. The molecule has 1 heterocycles. The van der Waals surface area contributed by atoms with Gasteiger partial charge in [-0.2, -0.15) is 13.9 Å². The summed E-state index contributed by atoms with van der Waals surface area (Å²) in [7, 11) is 0. The zero-order chi connectivity index (χ0) is 24.1. The third-order valence-corrected chi connectivity index (χ3v) is 4.73. The van der Waals surface area contributed by atoms with Crippen LogP contribution in [0.15, 0.2) is 72.0 Å². The molecule has 170 valence electrons. The van der Waals surface area contributed by atoms with Crippen LogP contribution in [0.25, 0.3) is 0 Å². The van der Waals surface area contributed by atoms with Gasteiger partial charge < -0.3 is 10.9 Å². The zero-order valence-electron chi connectivity index (χ0n) is 17.1. The van der Waals surface area contributed by atoms with Gasteiger partial charge in [0, 0.05) is 29.0 Å². The summed E-state index contributed by atoms with van der Waals surface area (Å²) >= 11 is 0. The van der Waals surface area contributed by atoms with Gasteiger partial charge in [0.05, 0.1) is 6.54 Å². The van der Waals surface area contributed by atoms with Crippen LogP contribution in [-0.4, -0.2) is 28.0 Å². The molecular weight excluding hydrogens is 438 g/mol. The Morgan fingerprint density at radius 1 is 1.03 bits per heavy atom. The molecule has 3 rings (SSSR count). The van der Waals surface area contributed by atoms with E-state index >= 15 is 8.78 Å². The molecule has 0 aliphatic heterocycles. The highest BCUT2D eigenvalue weighted by atomic mass is 19.3. The van der Waals surface area contributed by atoms with Crippen LogP contribution in [0.3, 0.4) is 0 Å². The van der Waals surface area contributed by atoms with Crippen LogP contribution < -0.4 is 11.7 Å². The van der Waals surface area contributed by atoms with E-state index in [4.69, 9.17) is 11.7 Å². The van der Waals surface area contributed by atoms with Crippen molar-refractivity contribution in [2.24, 2.45) is 16.8 Å². The Labute approximate surface area is 187 Å². The Balaban J connectivity index is 2.01. The van der Waals surface area contributed by atoms with E-state index < -0.39 is 41.0 Å². The number of nitrogens with zero attached hydrogens (tertiary/aromatic N) is 3. The molecule has 0 aliphatic rings. The molecule has 1 aromatic heterocycles. The van der Waals surface area contributed by atoms with Crippen LogP contribution in [0.4, 0.5) is 17.6 Å². The average Bonchev–Trinajstić information content (AvgIpc) is 2.78. The molecular formula is C23H19F4N5O. The number of alkyl halides is 2. The Morgan fingerprint density at radius 3 is 2.33 bits per heavy atom. The van der Waals surface area contributed by atoms with Crippen molar-refractivity contribution >= 4 is 6.34 Å². The summed E-state index contributed by atoms with van der Waals surface area (Å²) in [6.45, 7) is -1.04. The number of hydrazine groups is 1. The van der Waals surface area contributed by atoms with Crippen LogP contribution in [0.1, 0.15) is 22.4 Å². The number of pyridine rings is 1. The summed E-state index contributed by atoms with van der Waals surface area (Å²) in [5, 5.41) is 14.7. The molecule has 0 spiro atoms. The molecule has 0 bridgehead atoms. The molecule has 0 fully saturated rings. The van der Waals surface area contributed by atoms with Crippen molar-refractivity contribution in [2.45, 2.75) is 11.5 Å². The fraction of sp³-hybridized carbons (Fsp3) is 0.130. The average molecular weight is 457 g/mol. The molecule has 0 aliphatic carbocycles. The fourth-order valence-corrected chi connectivity index (χ4v) is 3.10. The van der Waals surface area contributed by atoms with Crippen LogP contribution in [0, 0.1) is 23.5 Å². The van der Waals surface area contributed by atoms with E-state index in [9.17, 15) is 13.9 Å². The second-order valence-corrected chi connectivity index (χ2v) is 7.04. The highest BCUT2D eigenvalue weighted by molar-refractivity contribution is 5.54. The molecule has 0 saturated heterocycles. The first-order valence-electron chi connectivity index (χ1n) is 9.51. The molecule has 0 saturated carbocycles. The number of hydrazone groups is 1. The number of hydrogen-bond donors (Lipinski definition) is 3. The first-order chi connectivity index (χ1) is 15.7. The maximum absolute atomic E-state index is 15.6. The number of aliphatic hydroxyl groups is 1. The van der Waals surface area contributed by atoms with Gasteiger partial charge in [-0.3, -0.25) is 9.99 Å². The second kappa shape index (κ2) is 9.68. The first-order valence-corrected chi connectivity index (χ1v) is 9.51. The Bertz CT molecular complexity index is 1190. The van der Waals surface area contributed by atoms with Gasteiger partial charge in [-0.15, -0.1) is 0 Å². The van der Waals surface area contributed by atoms with Gasteiger partial charge in [0.25, 0.3) is 0 Å². The minimum atomic E-state index is -4.17. The normalized spacial score (nSPS) is 13.3. The lowest BCUT2D eigenvalue weighted by molar-refractivity contribution is -0.203. The smallest absolute Gasteiger partial charge is 0.323 e. The maximum Gasteiger partial charge on any atom is 0.323 e. The van der Waals surface area contributed by atoms with Crippen molar-refractivity contribution in [3.63, 3.8) is 0 Å². The van der Waals surface area contributed by atoms with Crippen LogP contribution in [-0.2, 0) is 11.5 Å². The van der Waals surface area contributed by atoms with Gasteiger partial charge in [-0.1, -0.05) is 30.0 Å². The molecule has 2 aromatic carbocycles. The van der Waals surface area contributed by atoms with Crippen LogP contribution in [0.5, 0.6) is 0 Å². The van der Waals surface area contributed by atoms with E-state index in [1.54, 1.807) is 24.3 Å². The van der Waals surface area contributed by atoms with Crippen molar-refractivity contribution in [2.75, 3.05) is 6.54 Å². The monoisotopic (exact) mass is 457 g/mol. The van der Waals surface area contributed by atoms with Crippen LogP contribution >= 0.6 is 0 Å². The SMILES string of the molecule is N/N=C\N(N)CC(O)(c1ccc(F)cc1F)C(F)(F)c1ccc(C#Cc2ccccc2)cn1. The van der Waals surface area contributed by atoms with Gasteiger partial charge in [0.2, 0.25) is 0 Å². The van der Waals surface area contributed by atoms with Gasteiger partial charge >= 0.3 is 5.92 Å². The van der Waals surface area contributed by atoms with E-state index in [-0.39, 0.29) is 0 Å². The van der Waals surface area contributed by atoms with Crippen molar-refractivity contribution in [3.8, 4) is 11.8 Å². The van der Waals surface area contributed by atoms with E-state index in [1.807, 2.05) is 6.07 Å².